The Labute approximate surface area is 41.6 Å². The van der Waals surface area contributed by atoms with Gasteiger partial charge in [-0.15, -0.1) is 0 Å². The van der Waals surface area contributed by atoms with E-state index in [2.05, 4.69) is 6.58 Å². The zero-order valence-corrected chi connectivity index (χ0v) is 4.03. The predicted molar refractivity (Wildman–Crippen MR) is 24.7 cm³/mol. The van der Waals surface area contributed by atoms with Crippen molar-refractivity contribution in [1.82, 2.24) is 0 Å². The molecule has 0 unspecified atom stereocenters. The maximum atomic E-state index is 5.36. The molecule has 0 bridgehead atoms. The van der Waals surface area contributed by atoms with Crippen molar-refractivity contribution in [3.63, 3.8) is 0 Å². The van der Waals surface area contributed by atoms with E-state index in [0.29, 0.717) is 5.03 Å². The molecule has 0 aromatic rings. The quantitative estimate of drug-likeness (QED) is 0.455. The first-order chi connectivity index (χ1) is 2.80. The fourth-order valence-corrected chi connectivity index (χ4v) is 0.355. The van der Waals surface area contributed by atoms with Gasteiger partial charge in [0, 0.05) is 5.03 Å². The van der Waals surface area contributed by atoms with Crippen molar-refractivity contribution in [2.75, 3.05) is 6.61 Å². The van der Waals surface area contributed by atoms with Crippen LogP contribution in [0.1, 0.15) is 0 Å². The fourth-order valence-electron chi connectivity index (χ4n) is 0.229. The molecule has 1 nitrogen and oxygen atoms in total. The Bertz CT molecular complexity index is 75.6. The monoisotopic (exact) mass is 104 g/mol. The summed E-state index contributed by atoms with van der Waals surface area (Å²) in [6, 6.07) is 0. The maximum Gasteiger partial charge on any atom is 0.116 e. The summed E-state index contributed by atoms with van der Waals surface area (Å²) in [4.78, 5) is 0. The Balaban J connectivity index is 2.31. The molecule has 0 aromatic heterocycles. The van der Waals surface area contributed by atoms with E-state index < -0.39 is 0 Å². The number of halogens is 1. The van der Waals surface area contributed by atoms with E-state index in [9.17, 15) is 0 Å². The molecule has 1 atom stereocenters. The van der Waals surface area contributed by atoms with E-state index in [1.54, 1.807) is 0 Å². The lowest BCUT2D eigenvalue weighted by molar-refractivity contribution is 0.437. The van der Waals surface area contributed by atoms with E-state index in [1.165, 1.54) is 0 Å². The standard InChI is InChI=1S/C4H5ClO/c1-3(5)4-2-6-4/h4H,1-2H2/t4-/m0/s1. The smallest absolute Gasteiger partial charge is 0.116 e. The lowest BCUT2D eigenvalue weighted by atomic mass is 10.5. The SMILES string of the molecule is C=C(Cl)[C@@H]1CO1. The van der Waals surface area contributed by atoms with Gasteiger partial charge in [-0.2, -0.15) is 0 Å². The third-order valence-electron chi connectivity index (χ3n) is 0.683. The van der Waals surface area contributed by atoms with Crippen molar-refractivity contribution < 1.29 is 4.74 Å². The topological polar surface area (TPSA) is 12.5 Å². The van der Waals surface area contributed by atoms with Gasteiger partial charge in [-0.05, 0) is 0 Å². The van der Waals surface area contributed by atoms with Crippen LogP contribution in [0.2, 0.25) is 0 Å². The highest BCUT2D eigenvalue weighted by Crippen LogP contribution is 2.19. The van der Waals surface area contributed by atoms with Crippen LogP contribution >= 0.6 is 11.6 Å². The van der Waals surface area contributed by atoms with Crippen LogP contribution < -0.4 is 0 Å². The summed E-state index contributed by atoms with van der Waals surface area (Å²) in [6.07, 6.45) is 0.173. The first-order valence-electron chi connectivity index (χ1n) is 1.76. The van der Waals surface area contributed by atoms with Gasteiger partial charge in [-0.1, -0.05) is 18.2 Å². The highest BCUT2D eigenvalue weighted by molar-refractivity contribution is 6.30. The van der Waals surface area contributed by atoms with Crippen molar-refractivity contribution in [2.24, 2.45) is 0 Å². The van der Waals surface area contributed by atoms with E-state index in [4.69, 9.17) is 16.3 Å². The predicted octanol–water partition coefficient (Wildman–Crippen LogP) is 1.14. The van der Waals surface area contributed by atoms with Gasteiger partial charge in [0.2, 0.25) is 0 Å². The number of epoxide rings is 1. The Morgan fingerprint density at radius 3 is 2.50 bits per heavy atom. The van der Waals surface area contributed by atoms with Crippen molar-refractivity contribution in [1.29, 1.82) is 0 Å². The van der Waals surface area contributed by atoms with Crippen LogP contribution in [0.3, 0.4) is 0 Å². The van der Waals surface area contributed by atoms with Gasteiger partial charge in [0.25, 0.3) is 0 Å². The molecule has 34 valence electrons. The first kappa shape index (κ1) is 4.16. The van der Waals surface area contributed by atoms with Crippen LogP contribution in [-0.4, -0.2) is 12.7 Å². The first-order valence-corrected chi connectivity index (χ1v) is 2.14. The van der Waals surface area contributed by atoms with Gasteiger partial charge in [0.1, 0.15) is 6.10 Å². The van der Waals surface area contributed by atoms with Gasteiger partial charge in [-0.3, -0.25) is 0 Å². The largest absolute Gasteiger partial charge is 0.367 e. The molecule has 0 radical (unpaired) electrons. The lowest BCUT2D eigenvalue weighted by Crippen LogP contribution is -1.76. The maximum absolute atomic E-state index is 5.36. The Morgan fingerprint density at radius 2 is 2.50 bits per heavy atom. The highest BCUT2D eigenvalue weighted by atomic mass is 35.5. The summed E-state index contributed by atoms with van der Waals surface area (Å²) in [6.45, 7) is 4.22. The summed E-state index contributed by atoms with van der Waals surface area (Å²) >= 11 is 5.36. The fraction of sp³-hybridized carbons (Fsp3) is 0.500. The molecule has 0 saturated carbocycles. The van der Waals surface area contributed by atoms with Crippen molar-refractivity contribution >= 4 is 11.6 Å². The summed E-state index contributed by atoms with van der Waals surface area (Å²) in [5.41, 5.74) is 0. The van der Waals surface area contributed by atoms with Crippen LogP contribution in [0.4, 0.5) is 0 Å². The molecule has 6 heavy (non-hydrogen) atoms. The summed E-state index contributed by atoms with van der Waals surface area (Å²) < 4.78 is 4.74. The number of hydrogen-bond acceptors (Lipinski definition) is 1. The molecule has 2 heteroatoms. The highest BCUT2D eigenvalue weighted by Gasteiger charge is 2.23. The van der Waals surface area contributed by atoms with Crippen LogP contribution in [0, 0.1) is 0 Å². The number of ether oxygens (including phenoxy) is 1. The van der Waals surface area contributed by atoms with E-state index in [1.807, 2.05) is 0 Å². The second-order valence-electron chi connectivity index (χ2n) is 1.27. The zero-order valence-electron chi connectivity index (χ0n) is 3.28. The van der Waals surface area contributed by atoms with Crippen molar-refractivity contribution in [2.45, 2.75) is 6.10 Å². The van der Waals surface area contributed by atoms with E-state index in [-0.39, 0.29) is 6.10 Å². The zero-order chi connectivity index (χ0) is 4.57. The molecule has 1 fully saturated rings. The lowest BCUT2D eigenvalue weighted by Gasteiger charge is -1.76. The Morgan fingerprint density at radius 1 is 2.00 bits per heavy atom. The number of hydrogen-bond donors (Lipinski definition) is 0. The van der Waals surface area contributed by atoms with Crippen molar-refractivity contribution in [3.8, 4) is 0 Å². The third kappa shape index (κ3) is 0.730. The van der Waals surface area contributed by atoms with Gasteiger partial charge in [-0.25, -0.2) is 0 Å². The summed E-state index contributed by atoms with van der Waals surface area (Å²) in [5.74, 6) is 0. The van der Waals surface area contributed by atoms with Gasteiger partial charge in [0.15, 0.2) is 0 Å². The van der Waals surface area contributed by atoms with Crippen LogP contribution in [-0.2, 0) is 4.74 Å². The number of rotatable bonds is 1. The molecular weight excluding hydrogens is 99.5 g/mol. The average Bonchev–Trinajstić information content (AvgIpc) is 2.06. The van der Waals surface area contributed by atoms with E-state index >= 15 is 0 Å². The second kappa shape index (κ2) is 1.24. The third-order valence-corrected chi connectivity index (χ3v) is 0.926. The minimum atomic E-state index is 0.173. The Hall–Kier alpha value is -0.0100. The van der Waals surface area contributed by atoms with Crippen LogP contribution in [0.15, 0.2) is 11.6 Å². The van der Waals surface area contributed by atoms with E-state index in [0.717, 1.165) is 6.61 Å². The van der Waals surface area contributed by atoms with Gasteiger partial charge < -0.3 is 4.74 Å². The van der Waals surface area contributed by atoms with Gasteiger partial charge in [0.05, 0.1) is 6.61 Å². The Kier molecular flexibility index (Phi) is 0.862. The summed E-state index contributed by atoms with van der Waals surface area (Å²) in [5, 5.41) is 0.620. The average molecular weight is 105 g/mol. The minimum absolute atomic E-state index is 0.173. The molecule has 1 heterocycles. The van der Waals surface area contributed by atoms with Crippen LogP contribution in [0.25, 0.3) is 0 Å². The molecule has 0 aliphatic carbocycles. The molecular formula is C4H5ClO. The second-order valence-corrected chi connectivity index (χ2v) is 1.75. The minimum Gasteiger partial charge on any atom is -0.367 e. The molecule has 1 rings (SSSR count). The van der Waals surface area contributed by atoms with Crippen molar-refractivity contribution in [3.05, 3.63) is 11.6 Å². The molecule has 0 amide bonds. The molecule has 1 aliphatic heterocycles. The summed E-state index contributed by atoms with van der Waals surface area (Å²) in [7, 11) is 0. The normalized spacial score (nSPS) is 29.8. The molecule has 1 aliphatic rings. The molecule has 0 N–H and O–H groups in total. The molecule has 0 aromatic carbocycles. The molecule has 0 spiro atoms. The molecule has 1 saturated heterocycles. The van der Waals surface area contributed by atoms with Crippen LogP contribution in [0.5, 0.6) is 0 Å². The van der Waals surface area contributed by atoms with Gasteiger partial charge >= 0.3 is 0 Å².